The van der Waals surface area contributed by atoms with E-state index in [4.69, 9.17) is 0 Å². The molecule has 0 spiro atoms. The molecule has 0 heterocycles. The van der Waals surface area contributed by atoms with Crippen LogP contribution in [0.3, 0.4) is 0 Å². The molecular weight excluding hydrogens is 282 g/mol. The van der Waals surface area contributed by atoms with Crippen molar-refractivity contribution < 1.29 is 9.90 Å². The van der Waals surface area contributed by atoms with Gasteiger partial charge in [-0.2, -0.15) is 0 Å². The first-order chi connectivity index (χ1) is 9.85. The van der Waals surface area contributed by atoms with Gasteiger partial charge in [0.25, 0.3) is 0 Å². The van der Waals surface area contributed by atoms with E-state index in [1.165, 1.54) is 16.0 Å². The van der Waals surface area contributed by atoms with Crippen molar-refractivity contribution in [3.63, 3.8) is 0 Å². The topological polar surface area (TPSA) is 49.3 Å². The number of hydrogen-bond acceptors (Lipinski definition) is 3. The second-order valence-electron chi connectivity index (χ2n) is 6.41. The van der Waals surface area contributed by atoms with Gasteiger partial charge in [-0.25, -0.2) is 0 Å². The molecule has 1 aromatic carbocycles. The summed E-state index contributed by atoms with van der Waals surface area (Å²) in [4.78, 5) is 13.1. The van der Waals surface area contributed by atoms with Crippen molar-refractivity contribution in [1.82, 2.24) is 5.32 Å². The maximum absolute atomic E-state index is 11.9. The fourth-order valence-electron chi connectivity index (χ4n) is 2.82. The summed E-state index contributed by atoms with van der Waals surface area (Å²) in [5.41, 5.74) is 1.67. The van der Waals surface area contributed by atoms with Crippen LogP contribution in [0.4, 0.5) is 0 Å². The van der Waals surface area contributed by atoms with Crippen molar-refractivity contribution >= 4 is 17.7 Å². The largest absolute Gasteiger partial charge is 0.480 e. The average molecular weight is 307 g/mol. The molecule has 2 N–H and O–H groups in total. The van der Waals surface area contributed by atoms with Crippen molar-refractivity contribution in [2.75, 3.05) is 5.75 Å². The van der Waals surface area contributed by atoms with E-state index in [0.717, 1.165) is 12.8 Å². The normalized spacial score (nSPS) is 17.8. The van der Waals surface area contributed by atoms with Crippen LogP contribution in [-0.4, -0.2) is 28.4 Å². The zero-order valence-corrected chi connectivity index (χ0v) is 14.1. The molecule has 1 fully saturated rings. The summed E-state index contributed by atoms with van der Waals surface area (Å²) < 4.78 is 0. The van der Waals surface area contributed by atoms with Gasteiger partial charge in [-0.1, -0.05) is 17.7 Å². The Morgan fingerprint density at radius 2 is 2.10 bits per heavy atom. The molecule has 1 unspecified atom stereocenters. The average Bonchev–Trinajstić information content (AvgIpc) is 3.19. The lowest BCUT2D eigenvalue weighted by Crippen LogP contribution is -2.58. The molecule has 0 saturated heterocycles. The van der Waals surface area contributed by atoms with Gasteiger partial charge >= 0.3 is 5.97 Å². The Morgan fingerprint density at radius 3 is 2.57 bits per heavy atom. The van der Waals surface area contributed by atoms with Crippen molar-refractivity contribution in [1.29, 1.82) is 0 Å². The van der Waals surface area contributed by atoms with Crippen LogP contribution in [0.5, 0.6) is 0 Å². The number of nitrogens with one attached hydrogen (secondary N) is 1. The molecule has 0 aromatic heterocycles. The molecule has 0 bridgehead atoms. The summed E-state index contributed by atoms with van der Waals surface area (Å²) in [6.45, 7) is 8.20. The number of thioether (sulfide) groups is 1. The zero-order valence-electron chi connectivity index (χ0n) is 13.3. The Balaban J connectivity index is 2.17. The number of hydrogen-bond donors (Lipinski definition) is 2. The number of carboxylic acids is 1. The Hall–Kier alpha value is -1.00. The van der Waals surface area contributed by atoms with Crippen LogP contribution >= 0.6 is 11.8 Å². The standard InChI is InChI=1S/C17H25NO2S/c1-11(2)18-17(16(19)20,14-6-7-14)10-21-15-8-5-12(3)9-13(15)4/h5,8-9,11,14,18H,6-7,10H2,1-4H3,(H,19,20). The van der Waals surface area contributed by atoms with Crippen molar-refractivity contribution in [3.8, 4) is 0 Å². The summed E-state index contributed by atoms with van der Waals surface area (Å²) >= 11 is 1.66. The molecule has 0 aliphatic heterocycles. The van der Waals surface area contributed by atoms with Gasteiger partial charge in [0.15, 0.2) is 0 Å². The number of aryl methyl sites for hydroxylation is 2. The van der Waals surface area contributed by atoms with Crippen molar-refractivity contribution in [3.05, 3.63) is 29.3 Å². The number of benzene rings is 1. The van der Waals surface area contributed by atoms with Gasteiger partial charge in [0, 0.05) is 16.7 Å². The summed E-state index contributed by atoms with van der Waals surface area (Å²) in [5.74, 6) is 0.126. The number of rotatable bonds is 7. The SMILES string of the molecule is Cc1ccc(SCC(NC(C)C)(C(=O)O)C2CC2)c(C)c1. The van der Waals surface area contributed by atoms with Gasteiger partial charge in [-0.15, -0.1) is 11.8 Å². The smallest absolute Gasteiger partial charge is 0.325 e. The Bertz CT molecular complexity index is 526. The van der Waals surface area contributed by atoms with Crippen LogP contribution in [0, 0.1) is 19.8 Å². The highest BCUT2D eigenvalue weighted by Gasteiger charge is 2.51. The lowest BCUT2D eigenvalue weighted by molar-refractivity contribution is -0.145. The van der Waals surface area contributed by atoms with Crippen LogP contribution < -0.4 is 5.32 Å². The molecular formula is C17H25NO2S. The van der Waals surface area contributed by atoms with Crippen molar-refractivity contribution in [2.45, 2.75) is 57.0 Å². The van der Waals surface area contributed by atoms with Crippen LogP contribution in [-0.2, 0) is 4.79 Å². The Kier molecular flexibility index (Phi) is 4.99. The third-order valence-electron chi connectivity index (χ3n) is 3.99. The maximum Gasteiger partial charge on any atom is 0.325 e. The van der Waals surface area contributed by atoms with E-state index in [1.807, 2.05) is 13.8 Å². The second-order valence-corrected chi connectivity index (χ2v) is 7.42. The van der Waals surface area contributed by atoms with E-state index in [0.29, 0.717) is 5.75 Å². The highest BCUT2D eigenvalue weighted by molar-refractivity contribution is 7.99. The molecule has 1 aliphatic rings. The predicted octanol–water partition coefficient (Wildman–Crippen LogP) is 3.63. The molecule has 3 nitrogen and oxygen atoms in total. The van der Waals surface area contributed by atoms with Crippen LogP contribution in [0.2, 0.25) is 0 Å². The Morgan fingerprint density at radius 1 is 1.43 bits per heavy atom. The lowest BCUT2D eigenvalue weighted by atomic mass is 9.94. The van der Waals surface area contributed by atoms with Gasteiger partial charge in [0.05, 0.1) is 0 Å². The predicted molar refractivity (Wildman–Crippen MR) is 88.0 cm³/mol. The highest BCUT2D eigenvalue weighted by Crippen LogP contribution is 2.43. The molecule has 2 rings (SSSR count). The zero-order chi connectivity index (χ0) is 15.6. The number of carboxylic acid groups (broad SMARTS) is 1. The van der Waals surface area contributed by atoms with Gasteiger partial charge < -0.3 is 5.11 Å². The highest BCUT2D eigenvalue weighted by atomic mass is 32.2. The minimum atomic E-state index is -0.795. The van der Waals surface area contributed by atoms with Gasteiger partial charge in [-0.3, -0.25) is 10.1 Å². The van der Waals surface area contributed by atoms with E-state index in [1.54, 1.807) is 11.8 Å². The summed E-state index contributed by atoms with van der Waals surface area (Å²) in [5, 5.41) is 13.1. The lowest BCUT2D eigenvalue weighted by Gasteiger charge is -2.33. The van der Waals surface area contributed by atoms with E-state index < -0.39 is 11.5 Å². The molecule has 4 heteroatoms. The molecule has 1 atom stereocenters. The van der Waals surface area contributed by atoms with E-state index in [9.17, 15) is 9.90 Å². The first kappa shape index (κ1) is 16.4. The summed E-state index contributed by atoms with van der Waals surface area (Å²) in [6, 6.07) is 6.51. The quantitative estimate of drug-likeness (QED) is 0.755. The fourth-order valence-corrected chi connectivity index (χ4v) is 4.10. The van der Waals surface area contributed by atoms with E-state index >= 15 is 0 Å². The summed E-state index contributed by atoms with van der Waals surface area (Å²) in [6.07, 6.45) is 2.03. The molecule has 0 amide bonds. The number of carbonyl (C=O) groups is 1. The van der Waals surface area contributed by atoms with Crippen molar-refractivity contribution in [2.24, 2.45) is 5.92 Å². The molecule has 0 radical (unpaired) electrons. The minimum absolute atomic E-state index is 0.168. The van der Waals surface area contributed by atoms with Gasteiger partial charge in [0.1, 0.15) is 5.54 Å². The molecule has 1 aliphatic carbocycles. The van der Waals surface area contributed by atoms with Gasteiger partial charge in [-0.05, 0) is 58.1 Å². The second kappa shape index (κ2) is 6.41. The summed E-state index contributed by atoms with van der Waals surface area (Å²) in [7, 11) is 0. The van der Waals surface area contributed by atoms with Gasteiger partial charge in [0.2, 0.25) is 0 Å². The third kappa shape index (κ3) is 3.80. The molecule has 116 valence electrons. The fraction of sp³-hybridized carbons (Fsp3) is 0.588. The number of aliphatic carboxylic acids is 1. The van der Waals surface area contributed by atoms with E-state index in [-0.39, 0.29) is 12.0 Å². The molecule has 1 aromatic rings. The van der Waals surface area contributed by atoms with Crippen LogP contribution in [0.25, 0.3) is 0 Å². The first-order valence-electron chi connectivity index (χ1n) is 7.56. The third-order valence-corrected chi connectivity index (χ3v) is 5.36. The van der Waals surface area contributed by atoms with E-state index in [2.05, 4.69) is 37.4 Å². The minimum Gasteiger partial charge on any atom is -0.480 e. The first-order valence-corrected chi connectivity index (χ1v) is 8.55. The van der Waals surface area contributed by atoms with Crippen LogP contribution in [0.15, 0.2) is 23.1 Å². The maximum atomic E-state index is 11.9. The van der Waals surface area contributed by atoms with Crippen LogP contribution in [0.1, 0.15) is 37.8 Å². The molecule has 1 saturated carbocycles. The monoisotopic (exact) mass is 307 g/mol. The Labute approximate surface area is 131 Å². The molecule has 21 heavy (non-hydrogen) atoms.